The topological polar surface area (TPSA) is 129 Å². The van der Waals surface area contributed by atoms with E-state index in [4.69, 9.17) is 11.5 Å². The molecule has 0 atom stereocenters. The summed E-state index contributed by atoms with van der Waals surface area (Å²) in [5, 5.41) is 3.01. The maximum absolute atomic E-state index is 12.1. The zero-order valence-corrected chi connectivity index (χ0v) is 13.8. The number of halogens is 2. The molecule has 134 valence electrons. The van der Waals surface area contributed by atoms with Gasteiger partial charge in [-0.2, -0.15) is 23.7 Å². The fourth-order valence-corrected chi connectivity index (χ4v) is 2.50. The molecule has 0 aliphatic heterocycles. The van der Waals surface area contributed by atoms with Gasteiger partial charge in [0.15, 0.2) is 5.16 Å². The number of nitrogens with zero attached hydrogens (tertiary/aromatic N) is 3. The van der Waals surface area contributed by atoms with Crippen LogP contribution in [-0.2, 0) is 11.2 Å². The quantitative estimate of drug-likeness (QED) is 0.589. The van der Waals surface area contributed by atoms with Gasteiger partial charge in [-0.15, -0.1) is 0 Å². The average molecular weight is 370 g/mol. The monoisotopic (exact) mass is 370 g/mol. The highest BCUT2D eigenvalue weighted by molar-refractivity contribution is 7.99. The van der Waals surface area contributed by atoms with E-state index in [0.717, 1.165) is 17.3 Å². The van der Waals surface area contributed by atoms with Crippen molar-refractivity contribution < 1.29 is 18.3 Å². The third kappa shape index (κ3) is 6.75. The number of rotatable bonds is 8. The molecule has 0 spiro atoms. The number of thioether (sulfide) groups is 1. The lowest BCUT2D eigenvalue weighted by Crippen LogP contribution is -2.27. The second kappa shape index (κ2) is 8.97. The molecule has 0 fully saturated rings. The molecule has 2 aromatic rings. The molecule has 0 aliphatic rings. The first kappa shape index (κ1) is 18.6. The van der Waals surface area contributed by atoms with Crippen LogP contribution in [0.15, 0.2) is 29.4 Å². The number of ether oxygens (including phenoxy) is 1. The molecule has 25 heavy (non-hydrogen) atoms. The van der Waals surface area contributed by atoms with Crippen molar-refractivity contribution in [2.75, 3.05) is 23.8 Å². The molecule has 8 nitrogen and oxygen atoms in total. The third-order valence-electron chi connectivity index (χ3n) is 2.87. The minimum Gasteiger partial charge on any atom is -0.435 e. The van der Waals surface area contributed by atoms with E-state index in [1.165, 1.54) is 12.1 Å². The van der Waals surface area contributed by atoms with E-state index in [1.807, 2.05) is 0 Å². The summed E-state index contributed by atoms with van der Waals surface area (Å²) in [5.74, 6) is -0.0241. The maximum atomic E-state index is 12.1. The van der Waals surface area contributed by atoms with Crippen LogP contribution in [0.2, 0.25) is 0 Å². The number of hydrogen-bond acceptors (Lipinski definition) is 8. The van der Waals surface area contributed by atoms with Crippen LogP contribution in [0, 0.1) is 0 Å². The summed E-state index contributed by atoms with van der Waals surface area (Å²) in [6, 6.07) is 6.23. The first-order chi connectivity index (χ1) is 11.9. The Kier molecular flexibility index (Phi) is 6.69. The van der Waals surface area contributed by atoms with Crippen molar-refractivity contribution in [1.29, 1.82) is 0 Å². The zero-order valence-electron chi connectivity index (χ0n) is 13.0. The van der Waals surface area contributed by atoms with Gasteiger partial charge in [0.1, 0.15) is 5.75 Å². The summed E-state index contributed by atoms with van der Waals surface area (Å²) in [5.41, 5.74) is 11.8. The third-order valence-corrected chi connectivity index (χ3v) is 3.71. The normalized spacial score (nSPS) is 10.7. The zero-order chi connectivity index (χ0) is 18.2. The van der Waals surface area contributed by atoms with Crippen molar-refractivity contribution in [2.45, 2.75) is 18.2 Å². The molecule has 0 bridgehead atoms. The maximum Gasteiger partial charge on any atom is 0.387 e. The van der Waals surface area contributed by atoms with Crippen LogP contribution in [0.5, 0.6) is 5.75 Å². The van der Waals surface area contributed by atoms with Crippen molar-refractivity contribution in [3.63, 3.8) is 0 Å². The molecule has 5 N–H and O–H groups in total. The van der Waals surface area contributed by atoms with Crippen molar-refractivity contribution in [2.24, 2.45) is 0 Å². The van der Waals surface area contributed by atoms with E-state index in [9.17, 15) is 13.6 Å². The molecule has 1 aromatic carbocycles. The molecule has 11 heteroatoms. The van der Waals surface area contributed by atoms with E-state index in [2.05, 4.69) is 25.0 Å². The van der Waals surface area contributed by atoms with Crippen LogP contribution in [0.4, 0.5) is 20.7 Å². The van der Waals surface area contributed by atoms with Gasteiger partial charge >= 0.3 is 6.61 Å². The van der Waals surface area contributed by atoms with Gasteiger partial charge in [0.25, 0.3) is 0 Å². The van der Waals surface area contributed by atoms with E-state index < -0.39 is 6.61 Å². The second-order valence-corrected chi connectivity index (χ2v) is 5.69. The fraction of sp³-hybridized carbons (Fsp3) is 0.286. The van der Waals surface area contributed by atoms with Gasteiger partial charge in [0, 0.05) is 6.54 Å². The Labute approximate surface area is 146 Å². The lowest BCUT2D eigenvalue weighted by Gasteiger charge is -2.07. The van der Waals surface area contributed by atoms with Gasteiger partial charge in [-0.25, -0.2) is 0 Å². The van der Waals surface area contributed by atoms with Crippen LogP contribution in [0.25, 0.3) is 0 Å². The number of anilines is 2. The Morgan fingerprint density at radius 2 is 1.80 bits per heavy atom. The lowest BCUT2D eigenvalue weighted by atomic mass is 10.1. The average Bonchev–Trinajstić information content (AvgIpc) is 2.53. The van der Waals surface area contributed by atoms with Crippen molar-refractivity contribution in [3.8, 4) is 5.75 Å². The molecule has 2 rings (SSSR count). The lowest BCUT2D eigenvalue weighted by molar-refractivity contribution is -0.118. The molecule has 0 saturated heterocycles. The summed E-state index contributed by atoms with van der Waals surface area (Å²) in [6.07, 6.45) is 0.553. The number of nitrogens with one attached hydrogen (secondary N) is 1. The number of nitrogens with two attached hydrogens (primary N) is 2. The Bertz CT molecular complexity index is 697. The van der Waals surface area contributed by atoms with Crippen molar-refractivity contribution >= 4 is 29.6 Å². The van der Waals surface area contributed by atoms with Crippen LogP contribution in [0.3, 0.4) is 0 Å². The number of carbonyl (C=O) groups excluding carboxylic acids is 1. The standard InChI is InChI=1S/C14H16F2N6O2S/c15-11(16)24-9-3-1-8(2-4-9)5-6-19-10(23)7-25-14-21-12(17)20-13(18)22-14/h1-4,11H,5-7H2,(H,19,23)(H4,17,18,20,21,22). The van der Waals surface area contributed by atoms with E-state index in [0.29, 0.717) is 13.0 Å². The van der Waals surface area contributed by atoms with Crippen LogP contribution < -0.4 is 21.5 Å². The SMILES string of the molecule is Nc1nc(N)nc(SCC(=O)NCCc2ccc(OC(F)F)cc2)n1. The smallest absolute Gasteiger partial charge is 0.387 e. The molecule has 1 aromatic heterocycles. The largest absolute Gasteiger partial charge is 0.435 e. The van der Waals surface area contributed by atoms with Crippen LogP contribution >= 0.6 is 11.8 Å². The molecule has 1 heterocycles. The van der Waals surface area contributed by atoms with Gasteiger partial charge in [0.2, 0.25) is 17.8 Å². The van der Waals surface area contributed by atoms with Crippen molar-refractivity contribution in [3.05, 3.63) is 29.8 Å². The molecule has 0 aliphatic carbocycles. The minimum atomic E-state index is -2.85. The Morgan fingerprint density at radius 3 is 2.40 bits per heavy atom. The van der Waals surface area contributed by atoms with Gasteiger partial charge < -0.3 is 21.5 Å². The molecule has 0 radical (unpaired) electrons. The Morgan fingerprint density at radius 1 is 1.16 bits per heavy atom. The summed E-state index contributed by atoms with van der Waals surface area (Å²) in [7, 11) is 0. The van der Waals surface area contributed by atoms with Crippen molar-refractivity contribution in [1.82, 2.24) is 20.3 Å². The van der Waals surface area contributed by atoms with Gasteiger partial charge in [0.05, 0.1) is 5.75 Å². The van der Waals surface area contributed by atoms with Gasteiger partial charge in [-0.05, 0) is 24.1 Å². The molecular weight excluding hydrogens is 354 g/mol. The molecule has 0 saturated carbocycles. The molecular formula is C14H16F2N6O2S. The number of carbonyl (C=O) groups is 1. The fourth-order valence-electron chi connectivity index (χ4n) is 1.82. The highest BCUT2D eigenvalue weighted by Crippen LogP contribution is 2.15. The highest BCUT2D eigenvalue weighted by Gasteiger charge is 2.07. The van der Waals surface area contributed by atoms with Gasteiger partial charge in [-0.1, -0.05) is 23.9 Å². The predicted octanol–water partition coefficient (Wildman–Crippen LogP) is 1.09. The summed E-state index contributed by atoms with van der Waals surface area (Å²) in [4.78, 5) is 23.1. The van der Waals surface area contributed by atoms with E-state index >= 15 is 0 Å². The number of aromatic nitrogens is 3. The highest BCUT2D eigenvalue weighted by atomic mass is 32.2. The summed E-state index contributed by atoms with van der Waals surface area (Å²) < 4.78 is 28.4. The van der Waals surface area contributed by atoms with E-state index in [-0.39, 0.29) is 34.5 Å². The second-order valence-electron chi connectivity index (χ2n) is 4.75. The first-order valence-electron chi connectivity index (χ1n) is 7.12. The Hall–Kier alpha value is -2.69. The van der Waals surface area contributed by atoms with E-state index in [1.54, 1.807) is 12.1 Å². The summed E-state index contributed by atoms with van der Waals surface area (Å²) in [6.45, 7) is -2.45. The minimum absolute atomic E-state index is 0.00493. The number of alkyl halides is 2. The number of amides is 1. The number of benzene rings is 1. The van der Waals surface area contributed by atoms with Crippen LogP contribution in [-0.4, -0.2) is 39.8 Å². The van der Waals surface area contributed by atoms with Crippen LogP contribution in [0.1, 0.15) is 5.56 Å². The van der Waals surface area contributed by atoms with Gasteiger partial charge in [-0.3, -0.25) is 4.79 Å². The molecule has 1 amide bonds. The Balaban J connectivity index is 1.71. The molecule has 0 unspecified atom stereocenters. The number of hydrogen-bond donors (Lipinski definition) is 3. The number of nitrogen functional groups attached to an aromatic ring is 2. The first-order valence-corrected chi connectivity index (χ1v) is 8.11. The predicted molar refractivity (Wildman–Crippen MR) is 89.2 cm³/mol. The summed E-state index contributed by atoms with van der Waals surface area (Å²) >= 11 is 1.09.